The lowest BCUT2D eigenvalue weighted by Crippen LogP contribution is -1.98. The largest absolute Gasteiger partial charge is 0.309 e. The maximum Gasteiger partial charge on any atom is 0.0547 e. The van der Waals surface area contributed by atoms with Crippen molar-refractivity contribution in [1.29, 1.82) is 0 Å². The van der Waals surface area contributed by atoms with E-state index < -0.39 is 0 Å². The number of fused-ring (bicyclic) bond motifs is 13. The molecule has 0 fully saturated rings. The normalized spacial score (nSPS) is 11.7. The number of rotatable bonds is 1. The smallest absolute Gasteiger partial charge is 0.0547 e. The Kier molecular flexibility index (Phi) is 5.27. The molecule has 0 bridgehead atoms. The highest BCUT2D eigenvalue weighted by Crippen LogP contribution is 2.40. The van der Waals surface area contributed by atoms with Gasteiger partial charge in [0, 0.05) is 16.5 Å². The average molecular weight is 546 g/mol. The van der Waals surface area contributed by atoms with E-state index in [1.54, 1.807) is 0 Å². The summed E-state index contributed by atoms with van der Waals surface area (Å²) < 4.78 is 2.47. The Morgan fingerprint density at radius 1 is 0.233 bits per heavy atom. The van der Waals surface area contributed by atoms with Gasteiger partial charge in [-0.25, -0.2) is 0 Å². The molecule has 1 heterocycles. The molecule has 0 amide bonds. The van der Waals surface area contributed by atoms with Crippen LogP contribution in [-0.2, 0) is 0 Å². The van der Waals surface area contributed by atoms with Crippen molar-refractivity contribution in [3.63, 3.8) is 0 Å². The molecule has 8 aromatic carbocycles. The molecule has 9 aromatic rings. The Hall–Kier alpha value is -5.66. The predicted octanol–water partition coefficient (Wildman–Crippen LogP) is 11.7. The van der Waals surface area contributed by atoms with Gasteiger partial charge in [0.2, 0.25) is 0 Å². The van der Waals surface area contributed by atoms with E-state index >= 15 is 0 Å². The van der Waals surface area contributed by atoms with Crippen molar-refractivity contribution >= 4 is 75.7 Å². The molecular weight excluding hydrogens is 518 g/mol. The third kappa shape index (κ3) is 3.58. The van der Waals surface area contributed by atoms with Crippen molar-refractivity contribution in [3.05, 3.63) is 164 Å². The molecule has 0 radical (unpaired) electrons. The van der Waals surface area contributed by atoms with Crippen molar-refractivity contribution in [2.45, 2.75) is 0 Å². The van der Waals surface area contributed by atoms with Gasteiger partial charge in [-0.1, -0.05) is 133 Å². The Morgan fingerprint density at radius 3 is 1.09 bits per heavy atom. The van der Waals surface area contributed by atoms with Crippen LogP contribution in [0.3, 0.4) is 0 Å². The number of hydrogen-bond donors (Lipinski definition) is 0. The van der Waals surface area contributed by atoms with E-state index in [0.717, 1.165) is 5.69 Å². The van der Waals surface area contributed by atoms with Gasteiger partial charge in [-0.05, 0) is 84.2 Å². The molecule has 0 aliphatic carbocycles. The molecule has 1 nitrogen and oxygen atoms in total. The summed E-state index contributed by atoms with van der Waals surface area (Å²) >= 11 is 0. The van der Waals surface area contributed by atoms with Gasteiger partial charge in [0.15, 0.2) is 0 Å². The number of nitrogens with zero attached hydrogens (tertiary/aromatic N) is 1. The van der Waals surface area contributed by atoms with Crippen LogP contribution >= 0.6 is 0 Å². The Balaban J connectivity index is 1.70. The third-order valence-electron chi connectivity index (χ3n) is 8.99. The SMILES string of the molecule is c1ccc(-n2c3ccccc3c3ccccc3c3ccccc3c3cc4c5ccccc5c5ccccc5c4cc32)cc1. The van der Waals surface area contributed by atoms with Crippen LogP contribution in [0, 0.1) is 0 Å². The van der Waals surface area contributed by atoms with Gasteiger partial charge in [0.1, 0.15) is 0 Å². The summed E-state index contributed by atoms with van der Waals surface area (Å²) in [5.74, 6) is 0. The van der Waals surface area contributed by atoms with Gasteiger partial charge >= 0.3 is 0 Å². The van der Waals surface area contributed by atoms with E-state index in [2.05, 4.69) is 168 Å². The molecule has 0 saturated heterocycles. The maximum atomic E-state index is 2.47. The summed E-state index contributed by atoms with van der Waals surface area (Å²) in [5.41, 5.74) is 3.48. The Bertz CT molecular complexity index is 2610. The number of hydrogen-bond acceptors (Lipinski definition) is 0. The Labute approximate surface area is 249 Å². The summed E-state index contributed by atoms with van der Waals surface area (Å²) in [7, 11) is 0. The van der Waals surface area contributed by atoms with Crippen molar-refractivity contribution in [2.75, 3.05) is 0 Å². The first-order valence-corrected chi connectivity index (χ1v) is 14.9. The lowest BCUT2D eigenvalue weighted by atomic mass is 9.92. The lowest BCUT2D eigenvalue weighted by molar-refractivity contribution is 1.17. The molecule has 0 unspecified atom stereocenters. The van der Waals surface area contributed by atoms with E-state index in [1.807, 2.05) is 0 Å². The topological polar surface area (TPSA) is 4.93 Å². The fourth-order valence-electron chi connectivity index (χ4n) is 7.13. The second kappa shape index (κ2) is 9.44. The molecule has 0 N–H and O–H groups in total. The molecule has 0 saturated carbocycles. The van der Waals surface area contributed by atoms with Gasteiger partial charge in [0.25, 0.3) is 0 Å². The van der Waals surface area contributed by atoms with Crippen LogP contribution in [0.15, 0.2) is 164 Å². The molecule has 1 aromatic heterocycles. The van der Waals surface area contributed by atoms with Crippen LogP contribution in [0.2, 0.25) is 0 Å². The minimum atomic E-state index is 1.14. The molecule has 200 valence electrons. The molecular formula is C42H27N. The molecule has 9 rings (SSSR count). The molecule has 0 aliphatic heterocycles. The standard InChI is InChI=1S/C42H27N/c1-2-14-28(15-3-1)43-41-25-13-12-24-37(41)33-20-8-4-16-29(33)32-19-7-11-23-36(32)40-26-38-34-21-9-5-17-30(34)31-18-6-10-22-35(31)39(38)27-42(40)43/h1-27H. The van der Waals surface area contributed by atoms with Crippen molar-refractivity contribution < 1.29 is 0 Å². The van der Waals surface area contributed by atoms with Gasteiger partial charge < -0.3 is 4.57 Å². The average Bonchev–Trinajstić information content (AvgIpc) is 3.13. The van der Waals surface area contributed by atoms with Gasteiger partial charge in [0.05, 0.1) is 11.0 Å². The van der Waals surface area contributed by atoms with Crippen molar-refractivity contribution in [1.82, 2.24) is 4.57 Å². The Morgan fingerprint density at radius 2 is 0.581 bits per heavy atom. The highest BCUT2D eigenvalue weighted by atomic mass is 15.0. The van der Waals surface area contributed by atoms with Crippen molar-refractivity contribution in [2.24, 2.45) is 0 Å². The summed E-state index contributed by atoms with van der Waals surface area (Å²) in [4.78, 5) is 0. The maximum absolute atomic E-state index is 2.47. The quantitative estimate of drug-likeness (QED) is 0.181. The van der Waals surface area contributed by atoms with Crippen LogP contribution in [0.25, 0.3) is 81.4 Å². The first kappa shape index (κ1) is 24.0. The van der Waals surface area contributed by atoms with Gasteiger partial charge in [-0.3, -0.25) is 0 Å². The predicted molar refractivity (Wildman–Crippen MR) is 186 cm³/mol. The van der Waals surface area contributed by atoms with Gasteiger partial charge in [-0.2, -0.15) is 0 Å². The number of benzene rings is 8. The highest BCUT2D eigenvalue weighted by Gasteiger charge is 2.14. The zero-order chi connectivity index (χ0) is 28.3. The van der Waals surface area contributed by atoms with Crippen LogP contribution in [0.5, 0.6) is 0 Å². The van der Waals surface area contributed by atoms with Crippen LogP contribution in [-0.4, -0.2) is 4.57 Å². The molecule has 43 heavy (non-hydrogen) atoms. The zero-order valence-corrected chi connectivity index (χ0v) is 23.5. The fraction of sp³-hybridized carbons (Fsp3) is 0. The summed E-state index contributed by atoms with van der Waals surface area (Å²) in [6.45, 7) is 0. The van der Waals surface area contributed by atoms with Crippen LogP contribution in [0.4, 0.5) is 0 Å². The zero-order valence-electron chi connectivity index (χ0n) is 23.5. The number of aromatic nitrogens is 1. The summed E-state index contributed by atoms with van der Waals surface area (Å²) in [6, 6.07) is 60.0. The minimum absolute atomic E-state index is 1.14. The minimum Gasteiger partial charge on any atom is -0.309 e. The van der Waals surface area contributed by atoms with E-state index in [4.69, 9.17) is 0 Å². The molecule has 0 aliphatic rings. The first-order valence-electron chi connectivity index (χ1n) is 14.9. The van der Waals surface area contributed by atoms with E-state index in [9.17, 15) is 0 Å². The summed E-state index contributed by atoms with van der Waals surface area (Å²) in [6.07, 6.45) is 0. The summed E-state index contributed by atoms with van der Waals surface area (Å²) in [5, 5.41) is 15.1. The lowest BCUT2D eigenvalue weighted by Gasteiger charge is -2.16. The van der Waals surface area contributed by atoms with E-state index in [1.165, 1.54) is 75.7 Å². The fourth-order valence-corrected chi connectivity index (χ4v) is 7.13. The second-order valence-electron chi connectivity index (χ2n) is 11.3. The van der Waals surface area contributed by atoms with E-state index in [0.29, 0.717) is 0 Å². The van der Waals surface area contributed by atoms with Gasteiger partial charge in [-0.15, -0.1) is 0 Å². The van der Waals surface area contributed by atoms with E-state index in [-0.39, 0.29) is 0 Å². The van der Waals surface area contributed by atoms with Crippen LogP contribution < -0.4 is 0 Å². The second-order valence-corrected chi connectivity index (χ2v) is 11.3. The van der Waals surface area contributed by atoms with Crippen LogP contribution in [0.1, 0.15) is 0 Å². The highest BCUT2D eigenvalue weighted by molar-refractivity contribution is 6.29. The monoisotopic (exact) mass is 545 g/mol. The van der Waals surface area contributed by atoms with Crippen molar-refractivity contribution in [3.8, 4) is 5.69 Å². The third-order valence-corrected chi connectivity index (χ3v) is 8.99. The molecule has 1 heteroatoms. The molecule has 0 spiro atoms. The molecule has 0 atom stereocenters. The number of para-hydroxylation sites is 2. The first-order chi connectivity index (χ1) is 21.4.